The van der Waals surface area contributed by atoms with Crippen molar-refractivity contribution in [3.8, 4) is 0 Å². The smallest absolute Gasteiger partial charge is 0.308 e. The van der Waals surface area contributed by atoms with E-state index in [0.717, 1.165) is 32.2 Å². The molecule has 112 valence electrons. The Morgan fingerprint density at radius 2 is 1.79 bits per heavy atom. The van der Waals surface area contributed by atoms with Gasteiger partial charge in [-0.1, -0.05) is 31.8 Å². The van der Waals surface area contributed by atoms with Crippen LogP contribution < -0.4 is 0 Å². The van der Waals surface area contributed by atoms with Crippen molar-refractivity contribution in [2.75, 3.05) is 27.7 Å². The van der Waals surface area contributed by atoms with Crippen molar-refractivity contribution in [2.45, 2.75) is 51.4 Å². The van der Waals surface area contributed by atoms with Gasteiger partial charge in [0.15, 0.2) is 0 Å². The van der Waals surface area contributed by atoms with Gasteiger partial charge >= 0.3 is 5.97 Å². The van der Waals surface area contributed by atoms with Crippen molar-refractivity contribution in [3.05, 3.63) is 12.7 Å². The first kappa shape index (κ1) is 18.2. The fourth-order valence-corrected chi connectivity index (χ4v) is 2.17. The lowest BCUT2D eigenvalue weighted by atomic mass is 9.97. The molecule has 0 radical (unpaired) electrons. The normalized spacial score (nSPS) is 12.4. The van der Waals surface area contributed by atoms with E-state index in [-0.39, 0.29) is 11.9 Å². The quantitative estimate of drug-likeness (QED) is 0.308. The van der Waals surface area contributed by atoms with Gasteiger partial charge in [0.05, 0.1) is 13.0 Å². The maximum absolute atomic E-state index is 11.7. The first-order chi connectivity index (χ1) is 9.11. The molecule has 0 aliphatic carbocycles. The molecule has 0 bridgehead atoms. The molecule has 3 heteroatoms. The van der Waals surface area contributed by atoms with E-state index < -0.39 is 0 Å². The van der Waals surface area contributed by atoms with E-state index in [1.807, 2.05) is 20.2 Å². The molecule has 0 spiro atoms. The SMILES string of the molecule is C=CCCCCCCCC(CCN(C)C)C(=O)OC. The number of unbranched alkanes of at least 4 members (excludes halogenated alkanes) is 5. The minimum Gasteiger partial charge on any atom is -0.469 e. The number of hydrogen-bond donors (Lipinski definition) is 0. The summed E-state index contributed by atoms with van der Waals surface area (Å²) in [6.07, 6.45) is 11.1. The Morgan fingerprint density at radius 1 is 1.16 bits per heavy atom. The van der Waals surface area contributed by atoms with Crippen molar-refractivity contribution in [1.29, 1.82) is 0 Å². The highest BCUT2D eigenvalue weighted by Gasteiger charge is 2.18. The first-order valence-electron chi connectivity index (χ1n) is 7.45. The van der Waals surface area contributed by atoms with Gasteiger partial charge in [-0.2, -0.15) is 0 Å². The summed E-state index contributed by atoms with van der Waals surface area (Å²) in [6, 6.07) is 0. The van der Waals surface area contributed by atoms with Crippen LogP contribution in [0.15, 0.2) is 12.7 Å². The molecule has 0 fully saturated rings. The topological polar surface area (TPSA) is 29.5 Å². The number of carbonyl (C=O) groups excluding carboxylic acids is 1. The van der Waals surface area contributed by atoms with Gasteiger partial charge in [-0.15, -0.1) is 6.58 Å². The zero-order valence-electron chi connectivity index (χ0n) is 13.0. The molecule has 0 saturated carbocycles. The van der Waals surface area contributed by atoms with Gasteiger partial charge in [0.25, 0.3) is 0 Å². The Bertz CT molecular complexity index is 239. The highest BCUT2D eigenvalue weighted by Crippen LogP contribution is 2.17. The number of nitrogens with zero attached hydrogens (tertiary/aromatic N) is 1. The predicted molar refractivity (Wildman–Crippen MR) is 81.2 cm³/mol. The minimum absolute atomic E-state index is 0.0477. The molecule has 0 aromatic heterocycles. The van der Waals surface area contributed by atoms with Gasteiger partial charge in [0.1, 0.15) is 0 Å². The monoisotopic (exact) mass is 269 g/mol. The van der Waals surface area contributed by atoms with Crippen molar-refractivity contribution >= 4 is 5.97 Å². The van der Waals surface area contributed by atoms with Gasteiger partial charge in [-0.3, -0.25) is 4.79 Å². The Labute approximate surface area is 119 Å². The third-order valence-electron chi connectivity index (χ3n) is 3.42. The van der Waals surface area contributed by atoms with Crippen LogP contribution >= 0.6 is 0 Å². The summed E-state index contributed by atoms with van der Waals surface area (Å²) in [7, 11) is 5.56. The fraction of sp³-hybridized carbons (Fsp3) is 0.812. The summed E-state index contributed by atoms with van der Waals surface area (Å²) in [4.78, 5) is 13.8. The van der Waals surface area contributed by atoms with Crippen molar-refractivity contribution in [2.24, 2.45) is 5.92 Å². The maximum Gasteiger partial charge on any atom is 0.308 e. The van der Waals surface area contributed by atoms with Gasteiger partial charge in [-0.05, 0) is 46.3 Å². The van der Waals surface area contributed by atoms with Crippen LogP contribution in [0.5, 0.6) is 0 Å². The van der Waals surface area contributed by atoms with Crippen LogP contribution in [0.25, 0.3) is 0 Å². The second-order valence-electron chi connectivity index (χ2n) is 5.45. The molecule has 1 atom stereocenters. The molecule has 3 nitrogen and oxygen atoms in total. The fourth-order valence-electron chi connectivity index (χ4n) is 2.17. The molecule has 0 amide bonds. The molecule has 0 heterocycles. The third kappa shape index (κ3) is 10.8. The van der Waals surface area contributed by atoms with E-state index in [0.29, 0.717) is 0 Å². The second kappa shape index (κ2) is 12.2. The van der Waals surface area contributed by atoms with Crippen LogP contribution in [0.3, 0.4) is 0 Å². The highest BCUT2D eigenvalue weighted by atomic mass is 16.5. The summed E-state index contributed by atoms with van der Waals surface area (Å²) in [5.74, 6) is 0.0223. The van der Waals surface area contributed by atoms with Gasteiger partial charge in [-0.25, -0.2) is 0 Å². The molecule has 0 saturated heterocycles. The standard InChI is InChI=1S/C16H31NO2/c1-5-6-7-8-9-10-11-12-15(16(18)19-4)13-14-17(2)3/h5,15H,1,6-14H2,2-4H3. The number of rotatable bonds is 12. The molecule has 0 rings (SSSR count). The average Bonchev–Trinajstić information content (AvgIpc) is 2.40. The lowest BCUT2D eigenvalue weighted by Gasteiger charge is -2.17. The maximum atomic E-state index is 11.7. The van der Waals surface area contributed by atoms with Crippen LogP contribution in [-0.2, 0) is 9.53 Å². The number of methoxy groups -OCH3 is 1. The van der Waals surface area contributed by atoms with Crippen LogP contribution in [0.1, 0.15) is 51.4 Å². The summed E-state index contributed by atoms with van der Waals surface area (Å²) in [5, 5.41) is 0. The highest BCUT2D eigenvalue weighted by molar-refractivity contribution is 5.72. The molecular formula is C16H31NO2. The second-order valence-corrected chi connectivity index (χ2v) is 5.45. The average molecular weight is 269 g/mol. The molecule has 19 heavy (non-hydrogen) atoms. The minimum atomic E-state index is -0.0477. The summed E-state index contributed by atoms with van der Waals surface area (Å²) in [6.45, 7) is 4.67. The summed E-state index contributed by atoms with van der Waals surface area (Å²) >= 11 is 0. The zero-order chi connectivity index (χ0) is 14.5. The van der Waals surface area contributed by atoms with E-state index in [1.54, 1.807) is 0 Å². The molecule has 0 aromatic rings. The molecular weight excluding hydrogens is 238 g/mol. The lowest BCUT2D eigenvalue weighted by molar-refractivity contribution is -0.146. The van der Waals surface area contributed by atoms with E-state index in [4.69, 9.17) is 4.74 Å². The number of allylic oxidation sites excluding steroid dienone is 1. The van der Waals surface area contributed by atoms with E-state index >= 15 is 0 Å². The van der Waals surface area contributed by atoms with Crippen molar-refractivity contribution in [3.63, 3.8) is 0 Å². The number of esters is 1. The molecule has 1 unspecified atom stereocenters. The Balaban J connectivity index is 3.73. The lowest BCUT2D eigenvalue weighted by Crippen LogP contribution is -2.22. The Morgan fingerprint density at radius 3 is 2.37 bits per heavy atom. The van der Waals surface area contributed by atoms with Crippen LogP contribution in [0.4, 0.5) is 0 Å². The van der Waals surface area contributed by atoms with Crippen LogP contribution in [0.2, 0.25) is 0 Å². The number of ether oxygens (including phenoxy) is 1. The van der Waals surface area contributed by atoms with Crippen LogP contribution in [0, 0.1) is 5.92 Å². The van der Waals surface area contributed by atoms with Crippen molar-refractivity contribution < 1.29 is 9.53 Å². The number of carbonyl (C=O) groups is 1. The Kier molecular flexibility index (Phi) is 11.7. The van der Waals surface area contributed by atoms with E-state index in [1.165, 1.54) is 32.8 Å². The molecule has 0 aliphatic heterocycles. The van der Waals surface area contributed by atoms with E-state index in [2.05, 4.69) is 11.5 Å². The van der Waals surface area contributed by atoms with Crippen molar-refractivity contribution in [1.82, 2.24) is 4.90 Å². The Hall–Kier alpha value is -0.830. The van der Waals surface area contributed by atoms with Gasteiger partial charge < -0.3 is 9.64 Å². The zero-order valence-corrected chi connectivity index (χ0v) is 13.0. The molecule has 0 aromatic carbocycles. The summed E-state index contributed by atoms with van der Waals surface area (Å²) in [5.41, 5.74) is 0. The molecule has 0 N–H and O–H groups in total. The van der Waals surface area contributed by atoms with Gasteiger partial charge in [0.2, 0.25) is 0 Å². The predicted octanol–water partition coefficient (Wildman–Crippen LogP) is 3.64. The van der Waals surface area contributed by atoms with Gasteiger partial charge in [0, 0.05) is 0 Å². The number of hydrogen-bond acceptors (Lipinski definition) is 3. The summed E-state index contributed by atoms with van der Waals surface area (Å²) < 4.78 is 4.89. The van der Waals surface area contributed by atoms with Crippen LogP contribution in [-0.4, -0.2) is 38.6 Å². The first-order valence-corrected chi connectivity index (χ1v) is 7.45. The molecule has 0 aliphatic rings. The van der Waals surface area contributed by atoms with E-state index in [9.17, 15) is 4.79 Å². The third-order valence-corrected chi connectivity index (χ3v) is 3.42. The largest absolute Gasteiger partial charge is 0.469 e.